The van der Waals surface area contributed by atoms with Gasteiger partial charge in [-0.3, -0.25) is 0 Å². The lowest BCUT2D eigenvalue weighted by molar-refractivity contribution is 0.160. The molecule has 0 amide bonds. The molecule has 108 valence electrons. The number of halogens is 2. The molecule has 4 heteroatoms. The first-order valence-electron chi connectivity index (χ1n) is 6.58. The highest BCUT2D eigenvalue weighted by Gasteiger charge is 2.22. The Balaban J connectivity index is 2.56. The zero-order valence-electron chi connectivity index (χ0n) is 12.0. The Morgan fingerprint density at radius 2 is 1.89 bits per heavy atom. The third kappa shape index (κ3) is 4.96. The molecule has 2 N–H and O–H groups in total. The number of benzene rings is 1. The van der Waals surface area contributed by atoms with E-state index in [9.17, 15) is 5.11 Å². The number of hydrogen-bond acceptors (Lipinski definition) is 2. The molecule has 1 rings (SSSR count). The van der Waals surface area contributed by atoms with Crippen LogP contribution >= 0.6 is 23.2 Å². The maximum atomic E-state index is 10.2. The van der Waals surface area contributed by atoms with Crippen LogP contribution in [0.4, 0.5) is 0 Å². The highest BCUT2D eigenvalue weighted by Crippen LogP contribution is 2.27. The monoisotopic (exact) mass is 303 g/mol. The van der Waals surface area contributed by atoms with Crippen molar-refractivity contribution in [2.24, 2.45) is 11.3 Å². The van der Waals surface area contributed by atoms with Gasteiger partial charge in [0, 0.05) is 28.7 Å². The molecular formula is C15H23Cl2NO. The van der Waals surface area contributed by atoms with E-state index in [0.29, 0.717) is 28.1 Å². The highest BCUT2D eigenvalue weighted by atomic mass is 35.5. The summed E-state index contributed by atoms with van der Waals surface area (Å²) in [6.07, 6.45) is -0.644. The van der Waals surface area contributed by atoms with Gasteiger partial charge in [-0.25, -0.2) is 0 Å². The Labute approximate surface area is 126 Å². The van der Waals surface area contributed by atoms with Gasteiger partial charge >= 0.3 is 0 Å². The topological polar surface area (TPSA) is 32.3 Å². The second-order valence-electron chi connectivity index (χ2n) is 5.96. The van der Waals surface area contributed by atoms with Crippen LogP contribution in [0.5, 0.6) is 0 Å². The van der Waals surface area contributed by atoms with Gasteiger partial charge < -0.3 is 10.4 Å². The van der Waals surface area contributed by atoms with Gasteiger partial charge in [0.05, 0.1) is 6.10 Å². The van der Waals surface area contributed by atoms with Crippen LogP contribution in [0, 0.1) is 11.3 Å². The van der Waals surface area contributed by atoms with Crippen LogP contribution in [0.3, 0.4) is 0 Å². The molecule has 1 aromatic carbocycles. The fourth-order valence-electron chi connectivity index (χ4n) is 1.62. The molecule has 2 nitrogen and oxygen atoms in total. The predicted molar refractivity (Wildman–Crippen MR) is 82.9 cm³/mol. The molecule has 0 radical (unpaired) electrons. The Hall–Kier alpha value is -0.280. The fraction of sp³-hybridized carbons (Fsp3) is 0.600. The largest absolute Gasteiger partial charge is 0.387 e. The Morgan fingerprint density at radius 3 is 2.47 bits per heavy atom. The molecule has 1 unspecified atom stereocenters. The summed E-state index contributed by atoms with van der Waals surface area (Å²) in [4.78, 5) is 0. The third-order valence-electron chi connectivity index (χ3n) is 3.80. The highest BCUT2D eigenvalue weighted by molar-refractivity contribution is 6.33. The van der Waals surface area contributed by atoms with Gasteiger partial charge in [-0.1, -0.05) is 50.9 Å². The summed E-state index contributed by atoms with van der Waals surface area (Å²) >= 11 is 12.0. The summed E-state index contributed by atoms with van der Waals surface area (Å²) in [5.74, 6) is 0.576. The zero-order chi connectivity index (χ0) is 14.6. The van der Waals surface area contributed by atoms with Gasteiger partial charge in [0.15, 0.2) is 0 Å². The molecule has 0 aromatic heterocycles. The minimum absolute atomic E-state index is 0.192. The maximum absolute atomic E-state index is 10.2. The quantitative estimate of drug-likeness (QED) is 0.821. The Bertz CT molecular complexity index is 419. The second-order valence-corrected chi connectivity index (χ2v) is 6.80. The molecule has 0 heterocycles. The van der Waals surface area contributed by atoms with Gasteiger partial charge in [0.2, 0.25) is 0 Å². The molecule has 1 atom stereocenters. The number of hydrogen-bond donors (Lipinski definition) is 2. The van der Waals surface area contributed by atoms with Crippen molar-refractivity contribution >= 4 is 23.2 Å². The summed E-state index contributed by atoms with van der Waals surface area (Å²) in [7, 11) is 0. The molecule has 0 aliphatic heterocycles. The summed E-state index contributed by atoms with van der Waals surface area (Å²) < 4.78 is 0. The van der Waals surface area contributed by atoms with Crippen molar-refractivity contribution in [2.45, 2.75) is 33.8 Å². The van der Waals surface area contributed by atoms with Gasteiger partial charge in [-0.2, -0.15) is 0 Å². The normalized spacial score (nSPS) is 13.9. The van der Waals surface area contributed by atoms with Crippen LogP contribution in [0.25, 0.3) is 0 Å². The van der Waals surface area contributed by atoms with Gasteiger partial charge in [-0.05, 0) is 29.5 Å². The maximum Gasteiger partial charge on any atom is 0.0929 e. The summed E-state index contributed by atoms with van der Waals surface area (Å²) in [5, 5.41) is 14.6. The number of aliphatic hydroxyl groups excluding tert-OH is 1. The number of rotatable bonds is 6. The van der Waals surface area contributed by atoms with Crippen LogP contribution in [0.1, 0.15) is 39.4 Å². The predicted octanol–water partition coefficient (Wildman–Crippen LogP) is 4.30. The molecule has 0 spiro atoms. The molecule has 1 aromatic rings. The van der Waals surface area contributed by atoms with Gasteiger partial charge in [-0.15, -0.1) is 0 Å². The first kappa shape index (κ1) is 16.8. The number of nitrogens with one attached hydrogen (secondary N) is 1. The summed E-state index contributed by atoms with van der Waals surface area (Å²) in [5.41, 5.74) is 0.863. The van der Waals surface area contributed by atoms with Crippen molar-refractivity contribution in [1.82, 2.24) is 5.32 Å². The smallest absolute Gasteiger partial charge is 0.0929 e. The van der Waals surface area contributed by atoms with E-state index in [-0.39, 0.29) is 5.41 Å². The van der Waals surface area contributed by atoms with E-state index in [4.69, 9.17) is 23.2 Å². The minimum Gasteiger partial charge on any atom is -0.387 e. The van der Waals surface area contributed by atoms with Crippen LogP contribution in [-0.4, -0.2) is 18.2 Å². The second kappa shape index (κ2) is 6.94. The lowest BCUT2D eigenvalue weighted by Gasteiger charge is -2.30. The van der Waals surface area contributed by atoms with Crippen molar-refractivity contribution in [1.29, 1.82) is 0 Å². The van der Waals surface area contributed by atoms with Crippen molar-refractivity contribution in [3.63, 3.8) is 0 Å². The summed E-state index contributed by atoms with van der Waals surface area (Å²) in [6, 6.07) is 5.14. The summed E-state index contributed by atoms with van der Waals surface area (Å²) in [6.45, 7) is 10.1. The molecule has 0 aliphatic carbocycles. The van der Waals surface area contributed by atoms with E-state index in [1.54, 1.807) is 18.2 Å². The molecule has 19 heavy (non-hydrogen) atoms. The van der Waals surface area contributed by atoms with Crippen molar-refractivity contribution in [2.75, 3.05) is 13.1 Å². The van der Waals surface area contributed by atoms with E-state index in [0.717, 1.165) is 6.54 Å². The van der Waals surface area contributed by atoms with E-state index >= 15 is 0 Å². The van der Waals surface area contributed by atoms with Gasteiger partial charge in [0.1, 0.15) is 0 Å². The number of aliphatic hydroxyl groups is 1. The van der Waals surface area contributed by atoms with Crippen LogP contribution < -0.4 is 5.32 Å². The Morgan fingerprint density at radius 1 is 1.26 bits per heavy atom. The first-order valence-corrected chi connectivity index (χ1v) is 7.33. The average Bonchev–Trinajstić information content (AvgIpc) is 2.31. The standard InChI is InChI=1S/C15H23Cl2NO/c1-10(2)15(3,4)9-18-8-14(19)12-7-11(16)5-6-13(12)17/h5-7,10,14,18-19H,8-9H2,1-4H3. The Kier molecular flexibility index (Phi) is 6.13. The van der Waals surface area contributed by atoms with Crippen LogP contribution in [0.2, 0.25) is 10.0 Å². The fourth-order valence-corrected chi connectivity index (χ4v) is 2.04. The minimum atomic E-state index is -0.644. The molecule has 0 fully saturated rings. The molecular weight excluding hydrogens is 281 g/mol. The average molecular weight is 304 g/mol. The molecule has 0 aliphatic rings. The third-order valence-corrected chi connectivity index (χ3v) is 4.38. The lowest BCUT2D eigenvalue weighted by atomic mass is 9.81. The van der Waals surface area contributed by atoms with Crippen LogP contribution in [-0.2, 0) is 0 Å². The van der Waals surface area contributed by atoms with Crippen molar-refractivity contribution in [3.8, 4) is 0 Å². The molecule has 0 bridgehead atoms. The zero-order valence-corrected chi connectivity index (χ0v) is 13.5. The van der Waals surface area contributed by atoms with Gasteiger partial charge in [0.25, 0.3) is 0 Å². The van der Waals surface area contributed by atoms with E-state index in [1.165, 1.54) is 0 Å². The van der Waals surface area contributed by atoms with Crippen LogP contribution in [0.15, 0.2) is 18.2 Å². The van der Waals surface area contributed by atoms with E-state index < -0.39 is 6.10 Å². The van der Waals surface area contributed by atoms with E-state index in [1.807, 2.05) is 0 Å². The van der Waals surface area contributed by atoms with Crippen molar-refractivity contribution < 1.29 is 5.11 Å². The first-order chi connectivity index (χ1) is 8.74. The van der Waals surface area contributed by atoms with E-state index in [2.05, 4.69) is 33.0 Å². The lowest BCUT2D eigenvalue weighted by Crippen LogP contribution is -2.35. The van der Waals surface area contributed by atoms with Crippen molar-refractivity contribution in [3.05, 3.63) is 33.8 Å². The molecule has 0 saturated carbocycles. The SMILES string of the molecule is CC(C)C(C)(C)CNCC(O)c1cc(Cl)ccc1Cl. The molecule has 0 saturated heterocycles.